The van der Waals surface area contributed by atoms with Gasteiger partial charge in [-0.2, -0.15) is 0 Å². The van der Waals surface area contributed by atoms with Crippen molar-refractivity contribution in [1.29, 1.82) is 0 Å². The maximum atomic E-state index is 13.8. The molecule has 1 N–H and O–H groups in total. The maximum absolute atomic E-state index is 13.8. The molecule has 1 heterocycles. The molecule has 8 heteroatoms. The van der Waals surface area contributed by atoms with Crippen molar-refractivity contribution in [3.05, 3.63) is 77.6 Å². The maximum Gasteiger partial charge on any atom is 0.291 e. The van der Waals surface area contributed by atoms with Crippen molar-refractivity contribution in [2.45, 2.75) is 5.75 Å². The minimum absolute atomic E-state index is 0.0946. The number of rotatable bonds is 5. The molecule has 0 saturated carbocycles. The molecule has 5 nitrogen and oxygen atoms in total. The van der Waals surface area contributed by atoms with Gasteiger partial charge in [-0.15, -0.1) is 0 Å². The average molecular weight is 391 g/mol. The Kier molecular flexibility index (Phi) is 5.09. The number of carbonyl (C=O) groups is 1. The van der Waals surface area contributed by atoms with Gasteiger partial charge in [0.25, 0.3) is 5.91 Å². The van der Waals surface area contributed by atoms with E-state index in [-0.39, 0.29) is 28.3 Å². The molecule has 140 valence electrons. The summed E-state index contributed by atoms with van der Waals surface area (Å²) >= 11 is 0. The summed E-state index contributed by atoms with van der Waals surface area (Å²) in [6, 6.07) is 12.2. The van der Waals surface area contributed by atoms with E-state index < -0.39 is 33.1 Å². The molecule has 0 radical (unpaired) electrons. The van der Waals surface area contributed by atoms with Crippen LogP contribution in [0.2, 0.25) is 0 Å². The molecule has 0 unspecified atom stereocenters. The molecule has 0 fully saturated rings. The van der Waals surface area contributed by atoms with Crippen molar-refractivity contribution in [3.63, 3.8) is 0 Å². The summed E-state index contributed by atoms with van der Waals surface area (Å²) in [5.41, 5.74) is 0.471. The number of sulfone groups is 1. The fourth-order valence-electron chi connectivity index (χ4n) is 2.54. The highest BCUT2D eigenvalue weighted by molar-refractivity contribution is 7.89. The Hall–Kier alpha value is -3.00. The number of furan rings is 1. The predicted octanol–water partition coefficient (Wildman–Crippen LogP) is 4.02. The molecule has 1 aromatic heterocycles. The Morgan fingerprint density at radius 3 is 2.52 bits per heavy atom. The van der Waals surface area contributed by atoms with Crippen LogP contribution in [0.25, 0.3) is 11.3 Å². The lowest BCUT2D eigenvalue weighted by Crippen LogP contribution is -2.14. The van der Waals surface area contributed by atoms with Crippen LogP contribution < -0.4 is 5.32 Å². The van der Waals surface area contributed by atoms with Gasteiger partial charge in [-0.3, -0.25) is 4.79 Å². The normalized spacial score (nSPS) is 11.4. The van der Waals surface area contributed by atoms with E-state index in [0.717, 1.165) is 18.4 Å². The number of hydrogen-bond donors (Lipinski definition) is 1. The van der Waals surface area contributed by atoms with Crippen molar-refractivity contribution in [2.75, 3.05) is 11.6 Å². The van der Waals surface area contributed by atoms with E-state index in [4.69, 9.17) is 4.42 Å². The fourth-order valence-corrected chi connectivity index (χ4v) is 3.34. The molecule has 1 amide bonds. The molecule has 0 aliphatic rings. The first-order valence-corrected chi connectivity index (χ1v) is 9.91. The van der Waals surface area contributed by atoms with Gasteiger partial charge in [-0.05, 0) is 48.0 Å². The molecule has 3 rings (SSSR count). The summed E-state index contributed by atoms with van der Waals surface area (Å²) in [6.07, 6.45) is 1.01. The van der Waals surface area contributed by atoms with Crippen molar-refractivity contribution in [1.82, 2.24) is 0 Å². The fraction of sp³-hybridized carbons (Fsp3) is 0.105. The Labute approximate surface area is 154 Å². The quantitative estimate of drug-likeness (QED) is 0.713. The van der Waals surface area contributed by atoms with Crippen molar-refractivity contribution >= 4 is 21.4 Å². The molecule has 2 aromatic carbocycles. The Balaban J connectivity index is 1.86. The first kappa shape index (κ1) is 18.8. The SMILES string of the molecule is CS(=O)(=O)Cc1cc(F)ccc1NC(=O)c1ccc(-c2ccccc2F)o1. The molecule has 3 aromatic rings. The summed E-state index contributed by atoms with van der Waals surface area (Å²) < 4.78 is 55.7. The summed E-state index contributed by atoms with van der Waals surface area (Å²) in [7, 11) is -3.44. The Morgan fingerprint density at radius 2 is 1.81 bits per heavy atom. The number of halogens is 2. The first-order valence-electron chi connectivity index (χ1n) is 7.85. The van der Waals surface area contributed by atoms with E-state index in [0.29, 0.717) is 0 Å². The standard InChI is InChI=1S/C19H15F2NO4S/c1-27(24,25)11-12-10-13(20)6-7-16(12)22-19(23)18-9-8-17(26-18)14-4-2-3-5-15(14)21/h2-10H,11H2,1H3,(H,22,23). The number of nitrogens with one attached hydrogen (secondary N) is 1. The van der Waals surface area contributed by atoms with E-state index in [1.165, 1.54) is 36.4 Å². The van der Waals surface area contributed by atoms with Crippen LogP contribution in [-0.2, 0) is 15.6 Å². The van der Waals surface area contributed by atoms with Crippen LogP contribution in [0.4, 0.5) is 14.5 Å². The molecule has 0 aliphatic heterocycles. The first-order chi connectivity index (χ1) is 12.7. The van der Waals surface area contributed by atoms with Crippen LogP contribution in [0.1, 0.15) is 16.1 Å². The number of carbonyl (C=O) groups excluding carboxylic acids is 1. The molecular formula is C19H15F2NO4S. The second-order valence-electron chi connectivity index (χ2n) is 5.97. The Morgan fingerprint density at radius 1 is 1.07 bits per heavy atom. The van der Waals surface area contributed by atoms with Crippen molar-refractivity contribution < 1.29 is 26.4 Å². The predicted molar refractivity (Wildman–Crippen MR) is 97.0 cm³/mol. The average Bonchev–Trinajstić information content (AvgIpc) is 3.06. The van der Waals surface area contributed by atoms with Crippen molar-refractivity contribution in [2.24, 2.45) is 0 Å². The molecular weight excluding hydrogens is 376 g/mol. The second-order valence-corrected chi connectivity index (χ2v) is 8.11. The van der Waals surface area contributed by atoms with Crippen molar-refractivity contribution in [3.8, 4) is 11.3 Å². The highest BCUT2D eigenvalue weighted by Gasteiger charge is 2.17. The van der Waals surface area contributed by atoms with Gasteiger partial charge in [0, 0.05) is 11.9 Å². The largest absolute Gasteiger partial charge is 0.451 e. The molecule has 0 bridgehead atoms. The zero-order valence-electron chi connectivity index (χ0n) is 14.2. The van der Waals surface area contributed by atoms with Gasteiger partial charge >= 0.3 is 0 Å². The number of amides is 1. The lowest BCUT2D eigenvalue weighted by atomic mass is 10.1. The topological polar surface area (TPSA) is 76.4 Å². The van der Waals surface area contributed by atoms with Gasteiger partial charge in [0.15, 0.2) is 15.6 Å². The zero-order chi connectivity index (χ0) is 19.6. The third-order valence-corrected chi connectivity index (χ3v) is 4.54. The lowest BCUT2D eigenvalue weighted by Gasteiger charge is -2.10. The van der Waals surface area contributed by atoms with Crippen LogP contribution >= 0.6 is 0 Å². The van der Waals surface area contributed by atoms with E-state index in [2.05, 4.69) is 5.32 Å². The van der Waals surface area contributed by atoms with E-state index in [1.54, 1.807) is 6.07 Å². The van der Waals surface area contributed by atoms with Gasteiger partial charge in [-0.1, -0.05) is 12.1 Å². The lowest BCUT2D eigenvalue weighted by molar-refractivity contribution is 0.0997. The summed E-state index contributed by atoms with van der Waals surface area (Å²) in [6.45, 7) is 0. The van der Waals surface area contributed by atoms with Gasteiger partial charge < -0.3 is 9.73 Å². The van der Waals surface area contributed by atoms with Crippen LogP contribution in [0.3, 0.4) is 0 Å². The minimum Gasteiger partial charge on any atom is -0.451 e. The molecule has 0 saturated heterocycles. The van der Waals surface area contributed by atoms with Gasteiger partial charge in [0.05, 0.1) is 11.3 Å². The summed E-state index contributed by atoms with van der Waals surface area (Å²) in [5.74, 6) is -2.13. The third-order valence-electron chi connectivity index (χ3n) is 3.70. The highest BCUT2D eigenvalue weighted by Crippen LogP contribution is 2.26. The third kappa shape index (κ3) is 4.59. The molecule has 0 spiro atoms. The second kappa shape index (κ2) is 7.32. The number of benzene rings is 2. The summed E-state index contributed by atoms with van der Waals surface area (Å²) in [5, 5.41) is 2.50. The summed E-state index contributed by atoms with van der Waals surface area (Å²) in [4.78, 5) is 12.4. The van der Waals surface area contributed by atoms with E-state index in [1.807, 2.05) is 0 Å². The van der Waals surface area contributed by atoms with Crippen LogP contribution in [0.5, 0.6) is 0 Å². The number of hydrogen-bond acceptors (Lipinski definition) is 4. The monoisotopic (exact) mass is 391 g/mol. The van der Waals surface area contributed by atoms with Crippen LogP contribution in [0.15, 0.2) is 59.0 Å². The molecule has 27 heavy (non-hydrogen) atoms. The molecule has 0 atom stereocenters. The highest BCUT2D eigenvalue weighted by atomic mass is 32.2. The van der Waals surface area contributed by atoms with Crippen LogP contribution in [-0.4, -0.2) is 20.6 Å². The van der Waals surface area contributed by atoms with Crippen LogP contribution in [0, 0.1) is 11.6 Å². The molecule has 0 aliphatic carbocycles. The van der Waals surface area contributed by atoms with Gasteiger partial charge in [0.1, 0.15) is 17.4 Å². The van der Waals surface area contributed by atoms with Gasteiger partial charge in [-0.25, -0.2) is 17.2 Å². The minimum atomic E-state index is -3.44. The van der Waals surface area contributed by atoms with E-state index >= 15 is 0 Å². The van der Waals surface area contributed by atoms with Gasteiger partial charge in [0.2, 0.25) is 0 Å². The zero-order valence-corrected chi connectivity index (χ0v) is 15.0. The Bertz CT molecular complexity index is 1110. The van der Waals surface area contributed by atoms with E-state index in [9.17, 15) is 22.0 Å². The number of anilines is 1. The smallest absolute Gasteiger partial charge is 0.291 e.